The minimum Gasteiger partial charge on any atom is -0.207 e. The van der Waals surface area contributed by atoms with Gasteiger partial charge in [0.25, 0.3) is 0 Å². The minimum absolute atomic E-state index is 0.233. The van der Waals surface area contributed by atoms with E-state index in [4.69, 9.17) is 0 Å². The van der Waals surface area contributed by atoms with Gasteiger partial charge in [-0.3, -0.25) is 0 Å². The van der Waals surface area contributed by atoms with Crippen LogP contribution in [0.25, 0.3) is 0 Å². The van der Waals surface area contributed by atoms with Crippen LogP contribution < -0.4 is 4.72 Å². The van der Waals surface area contributed by atoms with Crippen LogP contribution in [0.4, 0.5) is 0 Å². The summed E-state index contributed by atoms with van der Waals surface area (Å²) in [7, 11) is -3.40. The summed E-state index contributed by atoms with van der Waals surface area (Å²) >= 11 is 3.29. The quantitative estimate of drug-likeness (QED) is 0.933. The Kier molecular flexibility index (Phi) is 2.88. The first-order valence-corrected chi connectivity index (χ1v) is 7.40. The largest absolute Gasteiger partial charge is 0.242 e. The van der Waals surface area contributed by atoms with Gasteiger partial charge in [0.05, 0.1) is 4.90 Å². The first-order chi connectivity index (χ1) is 7.32. The first kappa shape index (κ1) is 12.1. The zero-order valence-electron chi connectivity index (χ0n) is 9.25. The molecule has 0 unspecified atom stereocenters. The van der Waals surface area contributed by atoms with Crippen molar-refractivity contribution in [3.8, 4) is 0 Å². The molecule has 3 nitrogen and oxygen atoms in total. The van der Waals surface area contributed by atoms with Gasteiger partial charge in [0.1, 0.15) is 0 Å². The molecule has 0 amide bonds. The maximum Gasteiger partial charge on any atom is 0.242 e. The fraction of sp³-hybridized carbons (Fsp3) is 0.455. The van der Waals surface area contributed by atoms with Gasteiger partial charge in [-0.25, -0.2) is 13.1 Å². The molecule has 1 saturated carbocycles. The molecule has 0 aliphatic heterocycles. The molecule has 1 fully saturated rings. The Morgan fingerprint density at radius 3 is 2.50 bits per heavy atom. The van der Waals surface area contributed by atoms with Crippen LogP contribution in [0.2, 0.25) is 0 Å². The third kappa shape index (κ3) is 2.47. The lowest BCUT2D eigenvalue weighted by atomic mass is 10.2. The first-order valence-electron chi connectivity index (χ1n) is 5.13. The Morgan fingerprint density at radius 1 is 1.38 bits per heavy atom. The second-order valence-corrected chi connectivity index (χ2v) is 7.11. The molecule has 0 bridgehead atoms. The number of sulfonamides is 1. The average Bonchev–Trinajstić information content (AvgIpc) is 2.80. The van der Waals surface area contributed by atoms with Crippen LogP contribution in [0.5, 0.6) is 0 Å². The zero-order valence-corrected chi connectivity index (χ0v) is 11.7. The Hall–Kier alpha value is -0.390. The molecule has 1 aromatic carbocycles. The molecule has 0 radical (unpaired) electrons. The predicted octanol–water partition coefficient (Wildman–Crippen LogP) is 2.59. The fourth-order valence-corrected chi connectivity index (χ4v) is 4.15. The van der Waals surface area contributed by atoms with Gasteiger partial charge in [0.15, 0.2) is 0 Å². The summed E-state index contributed by atoms with van der Waals surface area (Å²) in [5.41, 5.74) is 0.798. The number of benzene rings is 1. The van der Waals surface area contributed by atoms with Gasteiger partial charge in [-0.2, -0.15) is 0 Å². The normalized spacial score (nSPS) is 18.4. The average molecular weight is 304 g/mol. The Balaban J connectivity index is 2.35. The fourth-order valence-electron chi connectivity index (χ4n) is 1.49. The lowest BCUT2D eigenvalue weighted by Gasteiger charge is -2.13. The molecule has 0 saturated heterocycles. The van der Waals surface area contributed by atoms with Gasteiger partial charge in [0.2, 0.25) is 10.0 Å². The van der Waals surface area contributed by atoms with Crippen molar-refractivity contribution in [2.75, 3.05) is 0 Å². The van der Waals surface area contributed by atoms with Crippen molar-refractivity contribution >= 4 is 26.0 Å². The lowest BCUT2D eigenvalue weighted by molar-refractivity contribution is 0.557. The van der Waals surface area contributed by atoms with Gasteiger partial charge in [-0.1, -0.05) is 6.07 Å². The van der Waals surface area contributed by atoms with Crippen molar-refractivity contribution in [1.29, 1.82) is 0 Å². The van der Waals surface area contributed by atoms with Gasteiger partial charge in [0, 0.05) is 10.0 Å². The summed E-state index contributed by atoms with van der Waals surface area (Å²) in [6, 6.07) is 5.24. The number of hydrogen-bond donors (Lipinski definition) is 1. The van der Waals surface area contributed by atoms with Crippen LogP contribution in [-0.2, 0) is 10.0 Å². The van der Waals surface area contributed by atoms with E-state index >= 15 is 0 Å². The van der Waals surface area contributed by atoms with Crippen molar-refractivity contribution in [1.82, 2.24) is 4.72 Å². The van der Waals surface area contributed by atoms with E-state index in [-0.39, 0.29) is 5.54 Å². The zero-order chi connectivity index (χ0) is 12.0. The second-order valence-electron chi connectivity index (χ2n) is 4.60. The van der Waals surface area contributed by atoms with E-state index in [1.807, 2.05) is 19.9 Å². The van der Waals surface area contributed by atoms with Crippen LogP contribution in [0.3, 0.4) is 0 Å². The molecular weight excluding hydrogens is 290 g/mol. The Bertz CT molecular complexity index is 521. The van der Waals surface area contributed by atoms with Crippen LogP contribution in [-0.4, -0.2) is 14.0 Å². The maximum absolute atomic E-state index is 12.1. The van der Waals surface area contributed by atoms with E-state index in [2.05, 4.69) is 20.7 Å². The lowest BCUT2D eigenvalue weighted by Crippen LogP contribution is -2.34. The van der Waals surface area contributed by atoms with Crippen molar-refractivity contribution in [3.05, 3.63) is 28.2 Å². The predicted molar refractivity (Wildman–Crippen MR) is 66.8 cm³/mol. The molecule has 16 heavy (non-hydrogen) atoms. The molecule has 0 aromatic heterocycles. The monoisotopic (exact) mass is 303 g/mol. The molecule has 5 heteroatoms. The summed E-state index contributed by atoms with van der Waals surface area (Å²) in [6.07, 6.45) is 1.82. The van der Waals surface area contributed by atoms with E-state index in [1.165, 1.54) is 0 Å². The van der Waals surface area contributed by atoms with E-state index < -0.39 is 10.0 Å². The van der Waals surface area contributed by atoms with Gasteiger partial charge in [-0.15, -0.1) is 0 Å². The highest BCUT2D eigenvalue weighted by molar-refractivity contribution is 9.10. The molecule has 2 rings (SSSR count). The molecule has 1 aliphatic rings. The smallest absolute Gasteiger partial charge is 0.207 e. The summed E-state index contributed by atoms with van der Waals surface area (Å²) in [5.74, 6) is 0. The molecule has 0 spiro atoms. The third-order valence-corrected chi connectivity index (χ3v) is 5.37. The van der Waals surface area contributed by atoms with Crippen LogP contribution in [0.1, 0.15) is 25.3 Å². The summed E-state index contributed by atoms with van der Waals surface area (Å²) in [4.78, 5) is 0.311. The van der Waals surface area contributed by atoms with Crippen LogP contribution >= 0.6 is 15.9 Å². The number of halogens is 1. The van der Waals surface area contributed by atoms with Gasteiger partial charge >= 0.3 is 0 Å². The molecule has 1 aliphatic carbocycles. The number of nitrogens with one attached hydrogen (secondary N) is 1. The minimum atomic E-state index is -3.40. The highest BCUT2D eigenvalue weighted by Gasteiger charge is 2.41. The summed E-state index contributed by atoms with van der Waals surface area (Å²) in [5, 5.41) is 0. The van der Waals surface area contributed by atoms with E-state index in [0.717, 1.165) is 18.4 Å². The van der Waals surface area contributed by atoms with E-state index in [0.29, 0.717) is 9.37 Å². The standard InChI is InChI=1S/C11H14BrNO2S/c1-8-3-4-10(9(12)7-8)16(14,15)13-11(2)5-6-11/h3-4,7,13H,5-6H2,1-2H3. The molecule has 0 atom stereocenters. The molecule has 88 valence electrons. The summed E-state index contributed by atoms with van der Waals surface area (Å²) < 4.78 is 27.5. The maximum atomic E-state index is 12.1. The third-order valence-electron chi connectivity index (χ3n) is 2.76. The van der Waals surface area contributed by atoms with Crippen molar-refractivity contribution in [3.63, 3.8) is 0 Å². The Labute approximate surface area is 104 Å². The van der Waals surface area contributed by atoms with E-state index in [1.54, 1.807) is 12.1 Å². The van der Waals surface area contributed by atoms with Gasteiger partial charge in [-0.05, 0) is 60.3 Å². The number of rotatable bonds is 3. The SMILES string of the molecule is Cc1ccc(S(=O)(=O)NC2(C)CC2)c(Br)c1. The molecule has 0 heterocycles. The highest BCUT2D eigenvalue weighted by Crippen LogP contribution is 2.36. The molecular formula is C11H14BrNO2S. The topological polar surface area (TPSA) is 46.2 Å². The van der Waals surface area contributed by atoms with Crippen LogP contribution in [0, 0.1) is 6.92 Å². The van der Waals surface area contributed by atoms with E-state index in [9.17, 15) is 8.42 Å². The molecule has 1 N–H and O–H groups in total. The van der Waals surface area contributed by atoms with Crippen molar-refractivity contribution in [2.24, 2.45) is 0 Å². The number of aryl methyl sites for hydroxylation is 1. The van der Waals surface area contributed by atoms with Crippen molar-refractivity contribution in [2.45, 2.75) is 37.1 Å². The van der Waals surface area contributed by atoms with Crippen molar-refractivity contribution < 1.29 is 8.42 Å². The number of hydrogen-bond acceptors (Lipinski definition) is 2. The molecule has 1 aromatic rings. The van der Waals surface area contributed by atoms with Gasteiger partial charge < -0.3 is 0 Å². The van der Waals surface area contributed by atoms with Crippen LogP contribution in [0.15, 0.2) is 27.6 Å². The highest BCUT2D eigenvalue weighted by atomic mass is 79.9. The Morgan fingerprint density at radius 2 is 2.00 bits per heavy atom. The summed E-state index contributed by atoms with van der Waals surface area (Å²) in [6.45, 7) is 3.85. The second kappa shape index (κ2) is 3.82.